The van der Waals surface area contributed by atoms with Gasteiger partial charge < -0.3 is 20.1 Å². The molecule has 2 N–H and O–H groups in total. The number of phenolic OH excluding ortho intramolecular Hbond substituents is 1. The second-order valence-electron chi connectivity index (χ2n) is 14.1. The fourth-order valence-corrected chi connectivity index (χ4v) is 6.75. The van der Waals surface area contributed by atoms with E-state index in [-0.39, 0.29) is 28.8 Å². The van der Waals surface area contributed by atoms with E-state index in [2.05, 4.69) is 62.0 Å². The summed E-state index contributed by atoms with van der Waals surface area (Å²) in [5.74, 6) is 1.13. The number of nitrogens with one attached hydrogen (secondary N) is 1. The number of benzene rings is 3. The molecule has 8 heteroatoms. The first-order chi connectivity index (χ1) is 24.7. The first kappa shape index (κ1) is 41.5. The van der Waals surface area contributed by atoms with Gasteiger partial charge in [-0.2, -0.15) is 0 Å². The Morgan fingerprint density at radius 2 is 1.37 bits per heavy atom. The highest BCUT2D eigenvalue weighted by molar-refractivity contribution is 6.06. The smallest absolute Gasteiger partial charge is 0.255 e. The molecule has 0 aromatic heterocycles. The Morgan fingerprint density at radius 1 is 0.784 bits per heavy atom. The minimum absolute atomic E-state index is 0.0183. The number of carbonyl (C=O) groups is 2. The van der Waals surface area contributed by atoms with Gasteiger partial charge in [0.15, 0.2) is 5.75 Å². The Balaban J connectivity index is 2.00. The van der Waals surface area contributed by atoms with Gasteiger partial charge in [0.1, 0.15) is 17.1 Å². The van der Waals surface area contributed by atoms with Crippen molar-refractivity contribution in [1.29, 1.82) is 0 Å². The number of carbonyl (C=O) groups excluding carboxylic acids is 2. The predicted molar refractivity (Wildman–Crippen MR) is 211 cm³/mol. The summed E-state index contributed by atoms with van der Waals surface area (Å²) < 4.78 is 5.65. The zero-order valence-corrected chi connectivity index (χ0v) is 32.5. The highest BCUT2D eigenvalue weighted by atomic mass is 16.5. The lowest BCUT2D eigenvalue weighted by atomic mass is 9.95. The van der Waals surface area contributed by atoms with Crippen molar-refractivity contribution >= 4 is 34.0 Å². The lowest BCUT2D eigenvalue weighted by molar-refractivity contribution is 0.0684. The minimum Gasteiger partial charge on any atom is -0.505 e. The summed E-state index contributed by atoms with van der Waals surface area (Å²) in [7, 11) is 1.56. The van der Waals surface area contributed by atoms with Crippen LogP contribution in [0.3, 0.4) is 0 Å². The molecule has 280 valence electrons. The SMILES string of the molecule is CCCCC(CC)CNC(=O)c1cc2ccccc2c(/N=N/c2cc(C(=O)N(CC(CC)CCCC)CC(CC)CCCC)ccc2OC)c1O. The topological polar surface area (TPSA) is 104 Å². The minimum atomic E-state index is -0.344. The molecular formula is C43H64N4O4. The first-order valence-electron chi connectivity index (χ1n) is 19.7. The van der Waals surface area contributed by atoms with Gasteiger partial charge >= 0.3 is 0 Å². The normalized spacial score (nSPS) is 13.3. The number of unbranched alkanes of at least 4 members (excludes halogenated alkanes) is 3. The Morgan fingerprint density at radius 3 is 1.94 bits per heavy atom. The fourth-order valence-electron chi connectivity index (χ4n) is 6.75. The number of azo groups is 1. The van der Waals surface area contributed by atoms with Gasteiger partial charge in [-0.05, 0) is 66.7 Å². The molecule has 0 spiro atoms. The summed E-state index contributed by atoms with van der Waals surface area (Å²) in [5, 5.41) is 25.0. The van der Waals surface area contributed by atoms with Gasteiger partial charge in [0.25, 0.3) is 11.8 Å². The zero-order valence-electron chi connectivity index (χ0n) is 32.5. The van der Waals surface area contributed by atoms with Crippen molar-refractivity contribution in [2.75, 3.05) is 26.7 Å². The largest absolute Gasteiger partial charge is 0.505 e. The number of nitrogens with zero attached hydrogens (tertiary/aromatic N) is 3. The number of hydrogen-bond acceptors (Lipinski definition) is 6. The molecule has 3 unspecified atom stereocenters. The molecule has 3 atom stereocenters. The quantitative estimate of drug-likeness (QED) is 0.0961. The summed E-state index contributed by atoms with van der Waals surface area (Å²) in [5.41, 5.74) is 1.25. The maximum Gasteiger partial charge on any atom is 0.255 e. The van der Waals surface area contributed by atoms with Gasteiger partial charge in [-0.1, -0.05) is 124 Å². The fraction of sp³-hybridized carbons (Fsp3) is 0.581. The number of phenols is 1. The third-order valence-corrected chi connectivity index (χ3v) is 10.3. The Labute approximate surface area is 307 Å². The molecular weight excluding hydrogens is 636 g/mol. The van der Waals surface area contributed by atoms with Crippen LogP contribution in [0.5, 0.6) is 11.5 Å². The van der Waals surface area contributed by atoms with Gasteiger partial charge in [0, 0.05) is 30.6 Å². The van der Waals surface area contributed by atoms with Gasteiger partial charge in [0.05, 0.1) is 12.7 Å². The molecule has 0 fully saturated rings. The number of hydrogen-bond donors (Lipinski definition) is 2. The van der Waals surface area contributed by atoms with Crippen molar-refractivity contribution in [1.82, 2.24) is 10.2 Å². The van der Waals surface area contributed by atoms with E-state index < -0.39 is 0 Å². The van der Waals surface area contributed by atoms with E-state index in [1.54, 1.807) is 31.4 Å². The Hall–Kier alpha value is -3.94. The second kappa shape index (κ2) is 22.1. The summed E-state index contributed by atoms with van der Waals surface area (Å²) in [6, 6.07) is 14.5. The summed E-state index contributed by atoms with van der Waals surface area (Å²) in [4.78, 5) is 29.8. The molecule has 3 aromatic carbocycles. The predicted octanol–water partition coefficient (Wildman–Crippen LogP) is 11.8. The van der Waals surface area contributed by atoms with Crippen molar-refractivity contribution in [3.05, 3.63) is 59.7 Å². The van der Waals surface area contributed by atoms with Gasteiger partial charge in [-0.25, -0.2) is 0 Å². The van der Waals surface area contributed by atoms with Crippen molar-refractivity contribution in [3.8, 4) is 11.5 Å². The lowest BCUT2D eigenvalue weighted by Crippen LogP contribution is -2.39. The zero-order chi connectivity index (χ0) is 37.2. The third-order valence-electron chi connectivity index (χ3n) is 10.3. The lowest BCUT2D eigenvalue weighted by Gasteiger charge is -2.31. The molecule has 0 saturated carbocycles. The molecule has 0 saturated heterocycles. The second-order valence-corrected chi connectivity index (χ2v) is 14.1. The maximum atomic E-state index is 14.3. The van der Waals surface area contributed by atoms with E-state index >= 15 is 0 Å². The van der Waals surface area contributed by atoms with Crippen LogP contribution in [0.4, 0.5) is 11.4 Å². The van der Waals surface area contributed by atoms with Gasteiger partial charge in [-0.3, -0.25) is 9.59 Å². The molecule has 0 radical (unpaired) electrons. The summed E-state index contributed by atoms with van der Waals surface area (Å²) in [6.45, 7) is 15.2. The van der Waals surface area contributed by atoms with E-state index in [1.807, 2.05) is 24.3 Å². The average molecular weight is 701 g/mol. The summed E-state index contributed by atoms with van der Waals surface area (Å²) >= 11 is 0. The number of ether oxygens (including phenoxy) is 1. The van der Waals surface area contributed by atoms with Crippen molar-refractivity contribution < 1.29 is 19.4 Å². The Bertz CT molecular complexity index is 1540. The molecule has 0 aliphatic carbocycles. The average Bonchev–Trinajstić information content (AvgIpc) is 3.16. The Kier molecular flexibility index (Phi) is 18.0. The van der Waals surface area contributed by atoms with E-state index in [1.165, 1.54) is 0 Å². The number of rotatable bonds is 23. The van der Waals surface area contributed by atoms with Gasteiger partial charge in [-0.15, -0.1) is 10.2 Å². The van der Waals surface area contributed by atoms with Crippen molar-refractivity contribution in [2.45, 2.75) is 119 Å². The van der Waals surface area contributed by atoms with Crippen LogP contribution < -0.4 is 10.1 Å². The van der Waals surface area contributed by atoms with Gasteiger partial charge in [0.2, 0.25) is 0 Å². The molecule has 3 aromatic rings. The maximum absolute atomic E-state index is 14.3. The van der Waals surface area contributed by atoms with Crippen LogP contribution in [0.25, 0.3) is 10.8 Å². The first-order valence-corrected chi connectivity index (χ1v) is 19.7. The van der Waals surface area contributed by atoms with Crippen LogP contribution in [0.15, 0.2) is 58.8 Å². The van der Waals surface area contributed by atoms with Crippen LogP contribution in [0.1, 0.15) is 139 Å². The third kappa shape index (κ3) is 12.1. The monoisotopic (exact) mass is 700 g/mol. The van der Waals surface area contributed by atoms with E-state index in [0.717, 1.165) is 95.5 Å². The number of fused-ring (bicyclic) bond motifs is 1. The molecule has 0 heterocycles. The van der Waals surface area contributed by atoms with Crippen molar-refractivity contribution in [3.63, 3.8) is 0 Å². The van der Waals surface area contributed by atoms with Crippen molar-refractivity contribution in [2.24, 2.45) is 28.0 Å². The van der Waals surface area contributed by atoms with Crippen LogP contribution in [0, 0.1) is 17.8 Å². The molecule has 0 bridgehead atoms. The van der Waals surface area contributed by atoms with Crippen LogP contribution in [-0.2, 0) is 0 Å². The molecule has 8 nitrogen and oxygen atoms in total. The van der Waals surface area contributed by atoms with E-state index in [4.69, 9.17) is 4.74 Å². The van der Waals surface area contributed by atoms with E-state index in [0.29, 0.717) is 46.7 Å². The molecule has 0 aliphatic heterocycles. The molecule has 51 heavy (non-hydrogen) atoms. The van der Waals surface area contributed by atoms with Crippen LogP contribution in [-0.4, -0.2) is 48.6 Å². The summed E-state index contributed by atoms with van der Waals surface area (Å²) in [6.07, 6.45) is 13.1. The molecule has 3 rings (SSSR count). The molecule has 0 aliphatic rings. The van der Waals surface area contributed by atoms with Crippen LogP contribution >= 0.6 is 0 Å². The van der Waals surface area contributed by atoms with E-state index in [9.17, 15) is 14.7 Å². The van der Waals surface area contributed by atoms with Crippen LogP contribution in [0.2, 0.25) is 0 Å². The number of amides is 2. The highest BCUT2D eigenvalue weighted by Crippen LogP contribution is 2.40. The number of aromatic hydroxyl groups is 1. The number of methoxy groups -OCH3 is 1. The highest BCUT2D eigenvalue weighted by Gasteiger charge is 2.24. The standard InChI is InChI=1S/C43H64N4O4/c1-8-14-19-31(11-4)28-44-42(49)37-26-34-22-17-18-23-36(34)40(41(37)48)46-45-38-27-35(24-25-39(38)51-7)43(50)47(29-32(12-5)20-15-9-2)30-33(13-6)21-16-10-3/h17-18,22-27,31-33,48H,8-16,19-21,28-30H2,1-7H3,(H,44,49)/b46-45+. The molecule has 2 amide bonds.